The van der Waals surface area contributed by atoms with Crippen LogP contribution in [0.5, 0.6) is 0 Å². The Morgan fingerprint density at radius 1 is 0.250 bits per heavy atom. The molecule has 6 rings (SSSR count). The average molecular weight is 463 g/mol. The fourth-order valence-electron chi connectivity index (χ4n) is 4.83. The van der Waals surface area contributed by atoms with Gasteiger partial charge in [-0.1, -0.05) is 97.1 Å². The fourth-order valence-corrected chi connectivity index (χ4v) is 4.83. The van der Waals surface area contributed by atoms with Gasteiger partial charge in [-0.3, -0.25) is 0 Å². The van der Waals surface area contributed by atoms with Gasteiger partial charge < -0.3 is 9.80 Å². The maximum atomic E-state index is 2.33. The molecule has 0 heterocycles. The van der Waals surface area contributed by atoms with Crippen LogP contribution in [0.4, 0.5) is 34.1 Å². The number of para-hydroxylation sites is 4. The van der Waals surface area contributed by atoms with E-state index in [9.17, 15) is 0 Å². The van der Waals surface area contributed by atoms with Crippen LogP contribution in [-0.4, -0.2) is 0 Å². The topological polar surface area (TPSA) is 6.48 Å². The summed E-state index contributed by atoms with van der Waals surface area (Å²) in [5.74, 6) is 0. The number of benzene rings is 6. The zero-order valence-corrected chi connectivity index (χ0v) is 19.9. The van der Waals surface area contributed by atoms with Crippen LogP contribution < -0.4 is 9.80 Å². The Kier molecular flexibility index (Phi) is 5.91. The molecule has 0 aliphatic carbocycles. The van der Waals surface area contributed by atoms with E-state index in [0.29, 0.717) is 0 Å². The Morgan fingerprint density at radius 2 is 0.528 bits per heavy atom. The molecular weight excluding hydrogens is 436 g/mol. The average Bonchev–Trinajstić information content (AvgIpc) is 2.96. The summed E-state index contributed by atoms with van der Waals surface area (Å²) in [6.07, 6.45) is 0. The highest BCUT2D eigenvalue weighted by atomic mass is 15.2. The van der Waals surface area contributed by atoms with Crippen LogP contribution >= 0.6 is 0 Å². The molecule has 172 valence electrons. The highest BCUT2D eigenvalue weighted by Crippen LogP contribution is 2.43. The Labute approximate surface area is 212 Å². The van der Waals surface area contributed by atoms with Crippen molar-refractivity contribution in [3.05, 3.63) is 158 Å². The van der Waals surface area contributed by atoms with Gasteiger partial charge in [0, 0.05) is 33.5 Å². The van der Waals surface area contributed by atoms with Crippen molar-refractivity contribution >= 4 is 44.9 Å². The zero-order chi connectivity index (χ0) is 24.2. The van der Waals surface area contributed by atoms with E-state index in [-0.39, 0.29) is 0 Å². The van der Waals surface area contributed by atoms with Gasteiger partial charge in [0.1, 0.15) is 0 Å². The van der Waals surface area contributed by atoms with E-state index in [0.717, 1.165) is 34.1 Å². The fraction of sp³-hybridized carbons (Fsp3) is 0. The third-order valence-corrected chi connectivity index (χ3v) is 6.42. The third-order valence-electron chi connectivity index (χ3n) is 6.42. The molecular formula is C34H26N2. The summed E-state index contributed by atoms with van der Waals surface area (Å²) in [5, 5.41) is 2.39. The third kappa shape index (κ3) is 4.10. The van der Waals surface area contributed by atoms with Gasteiger partial charge in [0.25, 0.3) is 0 Å². The molecule has 0 saturated heterocycles. The SMILES string of the molecule is c1ccc(N(c2ccccc2)c2cccc3c(N(c4ccccc4)c4ccccc4)cccc23)cc1. The second-order valence-corrected chi connectivity index (χ2v) is 8.66. The van der Waals surface area contributed by atoms with E-state index in [4.69, 9.17) is 0 Å². The van der Waals surface area contributed by atoms with Gasteiger partial charge in [-0.05, 0) is 60.7 Å². The summed E-state index contributed by atoms with van der Waals surface area (Å²) in [6.45, 7) is 0. The Hall–Kier alpha value is -4.82. The van der Waals surface area contributed by atoms with Crippen molar-refractivity contribution in [3.63, 3.8) is 0 Å². The molecule has 0 radical (unpaired) electrons. The van der Waals surface area contributed by atoms with Crippen LogP contribution in [0.2, 0.25) is 0 Å². The maximum absolute atomic E-state index is 2.33. The van der Waals surface area contributed by atoms with Crippen LogP contribution in [0.15, 0.2) is 158 Å². The van der Waals surface area contributed by atoms with Gasteiger partial charge in [0.2, 0.25) is 0 Å². The molecule has 6 aromatic rings. The first-order valence-electron chi connectivity index (χ1n) is 12.2. The van der Waals surface area contributed by atoms with Gasteiger partial charge in [0.05, 0.1) is 11.4 Å². The predicted molar refractivity (Wildman–Crippen MR) is 153 cm³/mol. The molecule has 0 fully saturated rings. The summed E-state index contributed by atoms with van der Waals surface area (Å²) in [7, 11) is 0. The normalized spacial score (nSPS) is 10.8. The molecule has 0 atom stereocenters. The van der Waals surface area contributed by atoms with Gasteiger partial charge in [-0.2, -0.15) is 0 Å². The van der Waals surface area contributed by atoms with Gasteiger partial charge in [-0.25, -0.2) is 0 Å². The van der Waals surface area contributed by atoms with E-state index in [1.54, 1.807) is 0 Å². The van der Waals surface area contributed by atoms with E-state index < -0.39 is 0 Å². The van der Waals surface area contributed by atoms with Crippen molar-refractivity contribution in [2.75, 3.05) is 9.80 Å². The largest absolute Gasteiger partial charge is 0.310 e. The molecule has 0 bridgehead atoms. The van der Waals surface area contributed by atoms with Crippen LogP contribution in [0.3, 0.4) is 0 Å². The molecule has 0 amide bonds. The first-order chi connectivity index (χ1) is 17.9. The van der Waals surface area contributed by atoms with Crippen molar-refractivity contribution in [2.24, 2.45) is 0 Å². The Bertz CT molecular complexity index is 1360. The number of fused-ring (bicyclic) bond motifs is 1. The first kappa shape index (κ1) is 21.7. The minimum Gasteiger partial charge on any atom is -0.310 e. The smallest absolute Gasteiger partial charge is 0.0540 e. The van der Waals surface area contributed by atoms with Crippen molar-refractivity contribution in [1.29, 1.82) is 0 Å². The molecule has 0 aliphatic heterocycles. The minimum absolute atomic E-state index is 1.13. The van der Waals surface area contributed by atoms with Crippen LogP contribution in [0.1, 0.15) is 0 Å². The molecule has 36 heavy (non-hydrogen) atoms. The molecule has 2 nitrogen and oxygen atoms in total. The molecule has 6 aromatic carbocycles. The second-order valence-electron chi connectivity index (χ2n) is 8.66. The lowest BCUT2D eigenvalue weighted by atomic mass is 10.0. The lowest BCUT2D eigenvalue weighted by Crippen LogP contribution is -2.12. The van der Waals surface area contributed by atoms with Crippen LogP contribution in [-0.2, 0) is 0 Å². The van der Waals surface area contributed by atoms with Gasteiger partial charge in [0.15, 0.2) is 0 Å². The summed E-state index contributed by atoms with van der Waals surface area (Å²) in [4.78, 5) is 4.67. The Balaban J connectivity index is 1.59. The van der Waals surface area contributed by atoms with Crippen molar-refractivity contribution < 1.29 is 0 Å². The van der Waals surface area contributed by atoms with E-state index in [2.05, 4.69) is 168 Å². The number of hydrogen-bond donors (Lipinski definition) is 0. The first-order valence-corrected chi connectivity index (χ1v) is 12.2. The molecule has 0 N–H and O–H groups in total. The summed E-state index contributed by atoms with van der Waals surface area (Å²) in [6, 6.07) is 55.5. The molecule has 0 aliphatic rings. The van der Waals surface area contributed by atoms with E-state index >= 15 is 0 Å². The Morgan fingerprint density at radius 3 is 0.806 bits per heavy atom. The van der Waals surface area contributed by atoms with E-state index in [1.165, 1.54) is 10.8 Å². The molecule has 0 aromatic heterocycles. The van der Waals surface area contributed by atoms with Crippen LogP contribution in [0.25, 0.3) is 10.8 Å². The monoisotopic (exact) mass is 462 g/mol. The predicted octanol–water partition coefficient (Wildman–Crippen LogP) is 9.78. The van der Waals surface area contributed by atoms with Crippen LogP contribution in [0, 0.1) is 0 Å². The quantitative estimate of drug-likeness (QED) is 0.243. The van der Waals surface area contributed by atoms with Gasteiger partial charge in [-0.15, -0.1) is 0 Å². The molecule has 0 spiro atoms. The molecule has 0 unspecified atom stereocenters. The summed E-state index contributed by atoms with van der Waals surface area (Å²) >= 11 is 0. The number of hydrogen-bond acceptors (Lipinski definition) is 2. The molecule has 0 saturated carbocycles. The van der Waals surface area contributed by atoms with Crippen molar-refractivity contribution in [1.82, 2.24) is 0 Å². The maximum Gasteiger partial charge on any atom is 0.0540 e. The number of anilines is 6. The van der Waals surface area contributed by atoms with Crippen molar-refractivity contribution in [3.8, 4) is 0 Å². The lowest BCUT2D eigenvalue weighted by Gasteiger charge is -2.29. The zero-order valence-electron chi connectivity index (χ0n) is 19.9. The number of nitrogens with zero attached hydrogens (tertiary/aromatic N) is 2. The highest BCUT2D eigenvalue weighted by molar-refractivity contribution is 6.06. The molecule has 2 heteroatoms. The van der Waals surface area contributed by atoms with Crippen molar-refractivity contribution in [2.45, 2.75) is 0 Å². The highest BCUT2D eigenvalue weighted by Gasteiger charge is 2.19. The summed E-state index contributed by atoms with van der Waals surface area (Å²) < 4.78 is 0. The van der Waals surface area contributed by atoms with E-state index in [1.807, 2.05) is 0 Å². The summed E-state index contributed by atoms with van der Waals surface area (Å²) in [5.41, 5.74) is 6.81. The second kappa shape index (κ2) is 9.81. The minimum atomic E-state index is 1.13. The standard InChI is InChI=1S/C34H26N2/c1-5-15-27(16-6-1)35(28-17-7-2-8-18-28)33-25-13-24-32-31(33)23-14-26-34(32)36(29-19-9-3-10-20-29)30-21-11-4-12-22-30/h1-26H. The number of rotatable bonds is 6. The van der Waals surface area contributed by atoms with Gasteiger partial charge >= 0.3 is 0 Å². The lowest BCUT2D eigenvalue weighted by molar-refractivity contribution is 1.28.